The highest BCUT2D eigenvalue weighted by molar-refractivity contribution is 5.94. The van der Waals surface area contributed by atoms with E-state index in [2.05, 4.69) is 10.6 Å². The van der Waals surface area contributed by atoms with Crippen LogP contribution >= 0.6 is 0 Å². The number of fused-ring (bicyclic) bond motifs is 1. The fraction of sp³-hybridized carbons (Fsp3) is 0.429. The SMILES string of the molecule is Cn1c(=O)oc2ccc(-c3ccc(CC(NC(=O)C4(NC(=O)OC(C)(C)C)CCCC4)C(N)=O)cc3)cc21. The van der Waals surface area contributed by atoms with Gasteiger partial charge in [0.2, 0.25) is 11.8 Å². The van der Waals surface area contributed by atoms with Crippen LogP contribution in [0.2, 0.25) is 0 Å². The van der Waals surface area contributed by atoms with Crippen molar-refractivity contribution in [2.75, 3.05) is 0 Å². The zero-order valence-electron chi connectivity index (χ0n) is 22.1. The zero-order valence-corrected chi connectivity index (χ0v) is 22.1. The summed E-state index contributed by atoms with van der Waals surface area (Å²) in [5.41, 5.74) is 7.61. The third-order valence-electron chi connectivity index (χ3n) is 6.80. The molecule has 4 rings (SSSR count). The van der Waals surface area contributed by atoms with Crippen molar-refractivity contribution in [2.24, 2.45) is 12.8 Å². The molecule has 1 fully saturated rings. The van der Waals surface area contributed by atoms with Crippen molar-refractivity contribution in [3.63, 3.8) is 0 Å². The monoisotopic (exact) mass is 522 g/mol. The van der Waals surface area contributed by atoms with E-state index >= 15 is 0 Å². The molecule has 2 aromatic carbocycles. The number of aryl methyl sites for hydroxylation is 1. The van der Waals surface area contributed by atoms with Crippen LogP contribution in [-0.2, 0) is 27.8 Å². The smallest absolute Gasteiger partial charge is 0.419 e. The number of hydrogen-bond donors (Lipinski definition) is 3. The van der Waals surface area contributed by atoms with E-state index in [0.29, 0.717) is 23.9 Å². The Labute approximate surface area is 220 Å². The summed E-state index contributed by atoms with van der Waals surface area (Å²) in [5, 5.41) is 5.51. The first-order chi connectivity index (χ1) is 17.9. The van der Waals surface area contributed by atoms with Gasteiger partial charge in [-0.25, -0.2) is 9.59 Å². The fourth-order valence-corrected chi connectivity index (χ4v) is 4.78. The van der Waals surface area contributed by atoms with Crippen molar-refractivity contribution in [1.29, 1.82) is 0 Å². The molecule has 1 saturated carbocycles. The number of benzene rings is 2. The van der Waals surface area contributed by atoms with Crippen molar-refractivity contribution in [1.82, 2.24) is 15.2 Å². The first-order valence-electron chi connectivity index (χ1n) is 12.7. The molecule has 1 atom stereocenters. The van der Waals surface area contributed by atoms with Crippen molar-refractivity contribution >= 4 is 29.0 Å². The Kier molecular flexibility index (Phi) is 7.35. The van der Waals surface area contributed by atoms with Crippen LogP contribution in [0.25, 0.3) is 22.2 Å². The summed E-state index contributed by atoms with van der Waals surface area (Å²) in [5.74, 6) is -1.54. The maximum atomic E-state index is 13.3. The predicted octanol–water partition coefficient (Wildman–Crippen LogP) is 3.15. The molecule has 1 aliphatic rings. The quantitative estimate of drug-likeness (QED) is 0.435. The Bertz CT molecular complexity index is 1410. The van der Waals surface area contributed by atoms with Gasteiger partial charge in [0.25, 0.3) is 0 Å². The lowest BCUT2D eigenvalue weighted by Gasteiger charge is -2.31. The average Bonchev–Trinajstić information content (AvgIpc) is 3.42. The number of amides is 3. The molecule has 4 N–H and O–H groups in total. The Morgan fingerprint density at radius 3 is 2.32 bits per heavy atom. The molecule has 1 unspecified atom stereocenters. The molecule has 10 heteroatoms. The lowest BCUT2D eigenvalue weighted by molar-refractivity contribution is -0.131. The minimum Gasteiger partial charge on any atom is -0.444 e. The fourth-order valence-electron chi connectivity index (χ4n) is 4.78. The lowest BCUT2D eigenvalue weighted by atomic mass is 9.95. The van der Waals surface area contributed by atoms with E-state index in [9.17, 15) is 19.2 Å². The summed E-state index contributed by atoms with van der Waals surface area (Å²) in [4.78, 5) is 49.8. The first-order valence-corrected chi connectivity index (χ1v) is 12.7. The van der Waals surface area contributed by atoms with Crippen LogP contribution < -0.4 is 22.1 Å². The number of nitrogens with two attached hydrogens (primary N) is 1. The molecule has 3 amide bonds. The molecule has 0 radical (unpaired) electrons. The second-order valence-electron chi connectivity index (χ2n) is 10.9. The molecule has 10 nitrogen and oxygen atoms in total. The molecular weight excluding hydrogens is 488 g/mol. The molecule has 0 saturated heterocycles. The van der Waals surface area contributed by atoms with E-state index < -0.39 is 40.8 Å². The zero-order chi connectivity index (χ0) is 27.7. The standard InChI is InChI=1S/C28H34N4O6/c1-27(2,3)38-25(35)31-28(13-5-6-14-28)24(34)30-20(23(29)33)15-17-7-9-18(10-8-17)19-11-12-22-21(16-19)32(4)26(36)37-22/h7-12,16,20H,5-6,13-15H2,1-4H3,(H2,29,33)(H,30,34)(H,31,35). The largest absolute Gasteiger partial charge is 0.444 e. The molecule has 1 aromatic heterocycles. The van der Waals surface area contributed by atoms with E-state index in [-0.39, 0.29) is 6.42 Å². The highest BCUT2D eigenvalue weighted by Gasteiger charge is 2.44. The Morgan fingerprint density at radius 1 is 1.08 bits per heavy atom. The number of carbonyl (C=O) groups is 3. The van der Waals surface area contributed by atoms with Gasteiger partial charge in [-0.1, -0.05) is 43.2 Å². The highest BCUT2D eigenvalue weighted by Crippen LogP contribution is 2.31. The van der Waals surface area contributed by atoms with Gasteiger partial charge in [0, 0.05) is 13.5 Å². The third-order valence-corrected chi connectivity index (χ3v) is 6.80. The normalized spacial score (nSPS) is 15.7. The van der Waals surface area contributed by atoms with Crippen LogP contribution in [-0.4, -0.2) is 39.7 Å². The number of carbonyl (C=O) groups excluding carboxylic acids is 3. The Hall–Kier alpha value is -4.08. The number of oxazole rings is 1. The molecule has 3 aromatic rings. The number of nitrogens with one attached hydrogen (secondary N) is 2. The number of hydrogen-bond acceptors (Lipinski definition) is 6. The summed E-state index contributed by atoms with van der Waals surface area (Å²) in [6.45, 7) is 5.25. The molecule has 38 heavy (non-hydrogen) atoms. The second-order valence-corrected chi connectivity index (χ2v) is 10.9. The first kappa shape index (κ1) is 27.0. The van der Waals surface area contributed by atoms with E-state index in [1.165, 1.54) is 4.57 Å². The van der Waals surface area contributed by atoms with Crippen LogP contribution in [0.3, 0.4) is 0 Å². The second kappa shape index (κ2) is 10.4. The maximum Gasteiger partial charge on any atom is 0.419 e. The molecule has 1 aliphatic carbocycles. The van der Waals surface area contributed by atoms with Gasteiger partial charge >= 0.3 is 11.8 Å². The van der Waals surface area contributed by atoms with Gasteiger partial charge in [0.15, 0.2) is 5.58 Å². The van der Waals surface area contributed by atoms with Crippen LogP contribution in [0.15, 0.2) is 51.7 Å². The van der Waals surface area contributed by atoms with Gasteiger partial charge in [-0.05, 0) is 62.4 Å². The van der Waals surface area contributed by atoms with Gasteiger partial charge in [-0.2, -0.15) is 0 Å². The molecular formula is C28H34N4O6. The van der Waals surface area contributed by atoms with Crippen LogP contribution in [0.4, 0.5) is 4.79 Å². The minimum atomic E-state index is -1.15. The predicted molar refractivity (Wildman–Crippen MR) is 142 cm³/mol. The van der Waals surface area contributed by atoms with Crippen molar-refractivity contribution in [3.8, 4) is 11.1 Å². The van der Waals surface area contributed by atoms with Crippen LogP contribution in [0.1, 0.15) is 52.0 Å². The Balaban J connectivity index is 1.47. The average molecular weight is 523 g/mol. The minimum absolute atomic E-state index is 0.194. The summed E-state index contributed by atoms with van der Waals surface area (Å²) in [6.07, 6.45) is 1.96. The van der Waals surface area contributed by atoms with E-state index in [4.69, 9.17) is 14.9 Å². The Morgan fingerprint density at radius 2 is 1.71 bits per heavy atom. The molecule has 0 aliphatic heterocycles. The summed E-state index contributed by atoms with van der Waals surface area (Å²) in [6, 6.07) is 12.1. The number of primary amides is 1. The van der Waals surface area contributed by atoms with Crippen molar-refractivity contribution in [3.05, 3.63) is 58.6 Å². The van der Waals surface area contributed by atoms with Crippen molar-refractivity contribution in [2.45, 2.75) is 70.1 Å². The maximum absolute atomic E-state index is 13.3. The molecule has 202 valence electrons. The summed E-state index contributed by atoms with van der Waals surface area (Å²) in [7, 11) is 1.65. The number of alkyl carbamates (subject to hydrolysis) is 1. The van der Waals surface area contributed by atoms with E-state index in [1.807, 2.05) is 36.4 Å². The van der Waals surface area contributed by atoms with Gasteiger partial charge in [-0.3, -0.25) is 14.2 Å². The lowest BCUT2D eigenvalue weighted by Crippen LogP contribution is -2.61. The van der Waals surface area contributed by atoms with Crippen molar-refractivity contribution < 1.29 is 23.5 Å². The van der Waals surface area contributed by atoms with Gasteiger partial charge in [-0.15, -0.1) is 0 Å². The topological polar surface area (TPSA) is 146 Å². The van der Waals surface area contributed by atoms with Gasteiger partial charge in [0.05, 0.1) is 5.52 Å². The van der Waals surface area contributed by atoms with E-state index in [0.717, 1.165) is 29.5 Å². The van der Waals surface area contributed by atoms with Gasteiger partial charge in [0.1, 0.15) is 17.2 Å². The van der Waals surface area contributed by atoms with Gasteiger partial charge < -0.3 is 25.5 Å². The van der Waals surface area contributed by atoms with Crippen LogP contribution in [0, 0.1) is 0 Å². The summed E-state index contributed by atoms with van der Waals surface area (Å²) >= 11 is 0. The van der Waals surface area contributed by atoms with Crippen LogP contribution in [0.5, 0.6) is 0 Å². The van der Waals surface area contributed by atoms with E-state index in [1.54, 1.807) is 33.9 Å². The molecule has 1 heterocycles. The number of ether oxygens (including phenoxy) is 1. The number of rotatable bonds is 7. The number of aromatic nitrogens is 1. The summed E-state index contributed by atoms with van der Waals surface area (Å²) < 4.78 is 12.0. The number of nitrogens with zero attached hydrogens (tertiary/aromatic N) is 1. The highest BCUT2D eigenvalue weighted by atomic mass is 16.6. The molecule has 0 spiro atoms. The molecule has 0 bridgehead atoms. The third kappa shape index (κ3) is 5.90.